The highest BCUT2D eigenvalue weighted by molar-refractivity contribution is 14.1. The average Bonchev–Trinajstić information content (AvgIpc) is 2.18. The van der Waals surface area contributed by atoms with Gasteiger partial charge in [-0.3, -0.25) is 10.1 Å². The van der Waals surface area contributed by atoms with Gasteiger partial charge in [0, 0.05) is 17.7 Å². The summed E-state index contributed by atoms with van der Waals surface area (Å²) in [6.45, 7) is 0. The molecule has 74 valence electrons. The number of halogens is 1. The van der Waals surface area contributed by atoms with Crippen molar-refractivity contribution in [3.05, 3.63) is 39.9 Å². The van der Waals surface area contributed by atoms with Gasteiger partial charge in [0.25, 0.3) is 5.69 Å². The van der Waals surface area contributed by atoms with E-state index in [-0.39, 0.29) is 5.69 Å². The van der Waals surface area contributed by atoms with E-state index in [2.05, 4.69) is 9.99 Å². The van der Waals surface area contributed by atoms with E-state index in [0.29, 0.717) is 3.72 Å². The Labute approximate surface area is 94.0 Å². The van der Waals surface area contributed by atoms with Crippen LogP contribution in [0.15, 0.2) is 29.4 Å². The van der Waals surface area contributed by atoms with E-state index in [9.17, 15) is 10.1 Å². The lowest BCUT2D eigenvalue weighted by atomic mass is 10.2. The number of nitro benzene ring substituents is 1. The lowest BCUT2D eigenvalue weighted by molar-refractivity contribution is -0.384. The van der Waals surface area contributed by atoms with Crippen molar-refractivity contribution >= 4 is 32.0 Å². The highest BCUT2D eigenvalue weighted by Gasteiger charge is 2.05. The Hall–Kier alpha value is -1.18. The molecular formula is C8H7IN2O3. The van der Waals surface area contributed by atoms with Gasteiger partial charge < -0.3 is 4.84 Å². The van der Waals surface area contributed by atoms with E-state index < -0.39 is 4.92 Å². The van der Waals surface area contributed by atoms with Crippen molar-refractivity contribution in [3.8, 4) is 0 Å². The Morgan fingerprint density at radius 2 is 2.07 bits per heavy atom. The largest absolute Gasteiger partial charge is 0.398 e. The monoisotopic (exact) mass is 306 g/mol. The average molecular weight is 306 g/mol. The molecule has 0 aliphatic carbocycles. The van der Waals surface area contributed by atoms with E-state index in [1.807, 2.05) is 22.6 Å². The number of nitrogens with zero attached hydrogens (tertiary/aromatic N) is 2. The Kier molecular flexibility index (Phi) is 3.81. The third-order valence-corrected chi connectivity index (χ3v) is 2.31. The van der Waals surface area contributed by atoms with Crippen LogP contribution in [0.4, 0.5) is 5.69 Å². The van der Waals surface area contributed by atoms with Crippen molar-refractivity contribution in [2.45, 2.75) is 0 Å². The van der Waals surface area contributed by atoms with Crippen LogP contribution in [0.1, 0.15) is 5.56 Å². The fourth-order valence-electron chi connectivity index (χ4n) is 0.854. The SMILES string of the molecule is CO/N=C(\I)c1ccc([N+](=O)[O-])cc1. The quantitative estimate of drug-likeness (QED) is 0.372. The number of hydrogen-bond donors (Lipinski definition) is 0. The second-order valence-corrected chi connectivity index (χ2v) is 3.39. The zero-order valence-electron chi connectivity index (χ0n) is 7.31. The second-order valence-electron chi connectivity index (χ2n) is 2.37. The number of oxime groups is 1. The predicted octanol–water partition coefficient (Wildman–Crippen LogP) is 2.34. The summed E-state index contributed by atoms with van der Waals surface area (Å²) >= 11 is 1.99. The van der Waals surface area contributed by atoms with Crippen LogP contribution in [0.25, 0.3) is 0 Å². The van der Waals surface area contributed by atoms with Gasteiger partial charge in [-0.15, -0.1) is 0 Å². The molecule has 0 amide bonds. The summed E-state index contributed by atoms with van der Waals surface area (Å²) in [5.74, 6) is 0. The molecule has 1 aromatic carbocycles. The van der Waals surface area contributed by atoms with Gasteiger partial charge in [-0.05, 0) is 34.7 Å². The molecule has 0 aliphatic heterocycles. The van der Waals surface area contributed by atoms with Gasteiger partial charge in [-0.25, -0.2) is 0 Å². The highest BCUT2D eigenvalue weighted by atomic mass is 127. The first-order valence-electron chi connectivity index (χ1n) is 3.66. The van der Waals surface area contributed by atoms with Crippen molar-refractivity contribution in [2.75, 3.05) is 7.11 Å². The maximum absolute atomic E-state index is 10.4. The number of benzene rings is 1. The van der Waals surface area contributed by atoms with Crippen molar-refractivity contribution in [3.63, 3.8) is 0 Å². The zero-order chi connectivity index (χ0) is 10.6. The molecule has 0 spiro atoms. The lowest BCUT2D eigenvalue weighted by Gasteiger charge is -1.97. The lowest BCUT2D eigenvalue weighted by Crippen LogP contribution is -1.92. The summed E-state index contributed by atoms with van der Waals surface area (Å²) in [6, 6.07) is 6.11. The molecule has 0 heterocycles. The van der Waals surface area contributed by atoms with Crippen LogP contribution in [0.5, 0.6) is 0 Å². The highest BCUT2D eigenvalue weighted by Crippen LogP contribution is 2.14. The molecule has 0 bridgehead atoms. The van der Waals surface area contributed by atoms with Crippen LogP contribution in [-0.2, 0) is 4.84 Å². The van der Waals surface area contributed by atoms with Gasteiger partial charge in [0.05, 0.1) is 4.92 Å². The molecule has 0 aromatic heterocycles. The molecule has 14 heavy (non-hydrogen) atoms. The summed E-state index contributed by atoms with van der Waals surface area (Å²) in [7, 11) is 1.45. The Balaban J connectivity index is 2.94. The van der Waals surface area contributed by atoms with Crippen molar-refractivity contribution in [1.29, 1.82) is 0 Å². The Morgan fingerprint density at radius 1 is 1.50 bits per heavy atom. The first kappa shape index (κ1) is 10.9. The summed E-state index contributed by atoms with van der Waals surface area (Å²) in [5, 5.41) is 14.1. The van der Waals surface area contributed by atoms with E-state index in [4.69, 9.17) is 0 Å². The molecule has 0 radical (unpaired) electrons. The second kappa shape index (κ2) is 4.89. The normalized spacial score (nSPS) is 11.1. The predicted molar refractivity (Wildman–Crippen MR) is 60.7 cm³/mol. The molecule has 0 saturated heterocycles. The van der Waals surface area contributed by atoms with Crippen molar-refractivity contribution in [1.82, 2.24) is 0 Å². The summed E-state index contributed by atoms with van der Waals surface area (Å²) in [5.41, 5.74) is 0.855. The van der Waals surface area contributed by atoms with Crippen LogP contribution < -0.4 is 0 Å². The molecular weight excluding hydrogens is 299 g/mol. The molecule has 0 atom stereocenters. The van der Waals surface area contributed by atoms with Gasteiger partial charge in [0.2, 0.25) is 0 Å². The minimum Gasteiger partial charge on any atom is -0.398 e. The van der Waals surface area contributed by atoms with Crippen molar-refractivity contribution in [2.24, 2.45) is 5.16 Å². The van der Waals surface area contributed by atoms with Crippen LogP contribution in [0.3, 0.4) is 0 Å². The standard InChI is InChI=1S/C8H7IN2O3/c1-14-10-8(9)6-2-4-7(5-3-6)11(12)13/h2-5H,1H3/b10-8-. The minimum atomic E-state index is -0.440. The number of rotatable bonds is 3. The number of non-ortho nitro benzene ring substituents is 1. The van der Waals surface area contributed by atoms with Gasteiger partial charge >= 0.3 is 0 Å². The fraction of sp³-hybridized carbons (Fsp3) is 0.125. The summed E-state index contributed by atoms with van der Waals surface area (Å²) < 4.78 is 0.653. The molecule has 0 aliphatic rings. The van der Waals surface area contributed by atoms with Crippen molar-refractivity contribution < 1.29 is 9.76 Å². The maximum Gasteiger partial charge on any atom is 0.269 e. The molecule has 1 rings (SSSR count). The van der Waals surface area contributed by atoms with Gasteiger partial charge in [0.15, 0.2) is 0 Å². The zero-order valence-corrected chi connectivity index (χ0v) is 9.46. The first-order valence-corrected chi connectivity index (χ1v) is 4.74. The summed E-state index contributed by atoms with van der Waals surface area (Å²) in [4.78, 5) is 14.5. The van der Waals surface area contributed by atoms with Gasteiger partial charge in [0.1, 0.15) is 10.8 Å². The molecule has 0 N–H and O–H groups in total. The third-order valence-electron chi connectivity index (χ3n) is 1.49. The maximum atomic E-state index is 10.4. The fourth-order valence-corrected chi connectivity index (χ4v) is 1.41. The minimum absolute atomic E-state index is 0.0652. The third kappa shape index (κ3) is 2.66. The van der Waals surface area contributed by atoms with E-state index in [1.54, 1.807) is 12.1 Å². The molecule has 0 saturated carbocycles. The molecule has 0 fully saturated rings. The number of hydrogen-bond acceptors (Lipinski definition) is 4. The molecule has 6 heteroatoms. The van der Waals surface area contributed by atoms with E-state index in [0.717, 1.165) is 5.56 Å². The van der Waals surface area contributed by atoms with E-state index in [1.165, 1.54) is 19.2 Å². The molecule has 1 aromatic rings. The molecule has 5 nitrogen and oxygen atoms in total. The topological polar surface area (TPSA) is 64.7 Å². The van der Waals surface area contributed by atoms with Crippen LogP contribution in [0, 0.1) is 10.1 Å². The van der Waals surface area contributed by atoms with Gasteiger partial charge in [-0.2, -0.15) is 0 Å². The number of nitro groups is 1. The summed E-state index contributed by atoms with van der Waals surface area (Å²) in [6.07, 6.45) is 0. The Bertz CT molecular complexity index is 361. The van der Waals surface area contributed by atoms with Crippen LogP contribution in [0.2, 0.25) is 0 Å². The van der Waals surface area contributed by atoms with E-state index >= 15 is 0 Å². The van der Waals surface area contributed by atoms with Crippen LogP contribution >= 0.6 is 22.6 Å². The van der Waals surface area contributed by atoms with Crippen LogP contribution in [-0.4, -0.2) is 15.8 Å². The Morgan fingerprint density at radius 3 is 2.50 bits per heavy atom. The smallest absolute Gasteiger partial charge is 0.269 e. The van der Waals surface area contributed by atoms with Gasteiger partial charge in [-0.1, -0.05) is 5.16 Å². The first-order chi connectivity index (χ1) is 6.65. The molecule has 0 unspecified atom stereocenters.